The zero-order valence-corrected chi connectivity index (χ0v) is 19.2. The van der Waals surface area contributed by atoms with Crippen molar-refractivity contribution in [2.75, 3.05) is 25.5 Å². The van der Waals surface area contributed by atoms with Gasteiger partial charge in [-0.05, 0) is 49.1 Å². The normalized spacial score (nSPS) is 11.6. The number of amides is 2. The van der Waals surface area contributed by atoms with Crippen molar-refractivity contribution < 1.29 is 9.59 Å². The van der Waals surface area contributed by atoms with Crippen LogP contribution >= 0.6 is 0 Å². The van der Waals surface area contributed by atoms with Crippen LogP contribution in [0, 0.1) is 20.8 Å². The summed E-state index contributed by atoms with van der Waals surface area (Å²) in [5, 5.41) is 6.27. The highest BCUT2D eigenvalue weighted by Crippen LogP contribution is 2.22. The summed E-state index contributed by atoms with van der Waals surface area (Å²) in [6.45, 7) is 6.10. The van der Waals surface area contributed by atoms with E-state index >= 15 is 0 Å². The van der Waals surface area contributed by atoms with Crippen LogP contribution in [0.5, 0.6) is 0 Å². The Morgan fingerprint density at radius 1 is 0.844 bits per heavy atom. The van der Waals surface area contributed by atoms with E-state index in [1.807, 2.05) is 62.4 Å². The number of carbonyl (C=O) groups excluding carboxylic acids is 2. The molecule has 0 heterocycles. The Bertz CT molecular complexity index is 1060. The molecular weight excluding hydrogens is 398 g/mol. The zero-order chi connectivity index (χ0) is 23.1. The van der Waals surface area contributed by atoms with Crippen molar-refractivity contribution in [3.63, 3.8) is 0 Å². The number of likely N-dealkylation sites (N-methyl/N-ethyl adjacent to an activating group) is 1. The van der Waals surface area contributed by atoms with E-state index in [4.69, 9.17) is 0 Å². The third-order valence-electron chi connectivity index (χ3n) is 5.47. The predicted octanol–water partition coefficient (Wildman–Crippen LogP) is 4.39. The molecule has 32 heavy (non-hydrogen) atoms. The van der Waals surface area contributed by atoms with Crippen molar-refractivity contribution in [1.82, 2.24) is 10.2 Å². The Labute approximate surface area is 190 Å². The molecule has 3 aromatic carbocycles. The van der Waals surface area contributed by atoms with Gasteiger partial charge in [0.1, 0.15) is 0 Å². The van der Waals surface area contributed by atoms with E-state index in [0.717, 1.165) is 27.9 Å². The van der Waals surface area contributed by atoms with Crippen LogP contribution in [0.1, 0.15) is 33.9 Å². The highest BCUT2D eigenvalue weighted by atomic mass is 16.2. The standard InChI is InChI=1S/C27H31N3O2/c1-19-11-14-23(15-12-19)27(22-8-6-5-7-9-22)28-17-26(32)30(4)18-25(31)29-24-16-20(2)10-13-21(24)3/h5-16,27-28H,17-18H2,1-4H3,(H,29,31)/t27-/m0/s1. The number of rotatable bonds is 8. The van der Waals surface area contributed by atoms with Gasteiger partial charge in [-0.2, -0.15) is 0 Å². The van der Waals surface area contributed by atoms with Gasteiger partial charge in [0.15, 0.2) is 0 Å². The predicted molar refractivity (Wildman–Crippen MR) is 130 cm³/mol. The van der Waals surface area contributed by atoms with Gasteiger partial charge in [0.25, 0.3) is 0 Å². The average Bonchev–Trinajstić information content (AvgIpc) is 2.78. The van der Waals surface area contributed by atoms with Gasteiger partial charge >= 0.3 is 0 Å². The first-order valence-corrected chi connectivity index (χ1v) is 10.8. The summed E-state index contributed by atoms with van der Waals surface area (Å²) in [6.07, 6.45) is 0. The molecule has 166 valence electrons. The summed E-state index contributed by atoms with van der Waals surface area (Å²) in [7, 11) is 1.65. The maximum atomic E-state index is 12.8. The Balaban J connectivity index is 1.62. The largest absolute Gasteiger partial charge is 0.335 e. The van der Waals surface area contributed by atoms with Crippen molar-refractivity contribution >= 4 is 17.5 Å². The number of aryl methyl sites for hydroxylation is 3. The molecule has 0 bridgehead atoms. The molecule has 0 aliphatic rings. The molecule has 5 nitrogen and oxygen atoms in total. The number of nitrogens with zero attached hydrogens (tertiary/aromatic N) is 1. The molecule has 2 N–H and O–H groups in total. The second-order valence-electron chi connectivity index (χ2n) is 8.25. The molecule has 0 fully saturated rings. The Hall–Kier alpha value is -3.44. The smallest absolute Gasteiger partial charge is 0.243 e. The molecule has 5 heteroatoms. The molecule has 0 saturated carbocycles. The van der Waals surface area contributed by atoms with E-state index in [-0.39, 0.29) is 30.9 Å². The minimum atomic E-state index is -0.215. The first-order chi connectivity index (χ1) is 15.3. The summed E-state index contributed by atoms with van der Waals surface area (Å²) in [5.41, 5.74) is 6.19. The van der Waals surface area contributed by atoms with Gasteiger partial charge in [-0.15, -0.1) is 0 Å². The van der Waals surface area contributed by atoms with Crippen molar-refractivity contribution in [2.24, 2.45) is 0 Å². The fraction of sp³-hybridized carbons (Fsp3) is 0.259. The number of benzene rings is 3. The third kappa shape index (κ3) is 6.28. The monoisotopic (exact) mass is 429 g/mol. The van der Waals surface area contributed by atoms with Crippen LogP contribution in [-0.4, -0.2) is 36.9 Å². The van der Waals surface area contributed by atoms with Crippen LogP contribution < -0.4 is 10.6 Å². The lowest BCUT2D eigenvalue weighted by Crippen LogP contribution is -2.41. The molecule has 3 rings (SSSR count). The number of anilines is 1. The number of hydrogen-bond acceptors (Lipinski definition) is 3. The molecule has 0 radical (unpaired) electrons. The molecule has 1 atom stereocenters. The van der Waals surface area contributed by atoms with Gasteiger partial charge in [-0.25, -0.2) is 0 Å². The van der Waals surface area contributed by atoms with Crippen LogP contribution in [0.4, 0.5) is 5.69 Å². The topological polar surface area (TPSA) is 61.4 Å². The molecule has 0 aliphatic heterocycles. The second-order valence-corrected chi connectivity index (χ2v) is 8.25. The van der Waals surface area contributed by atoms with Gasteiger partial charge in [-0.1, -0.05) is 72.3 Å². The van der Waals surface area contributed by atoms with Crippen molar-refractivity contribution in [1.29, 1.82) is 0 Å². The third-order valence-corrected chi connectivity index (χ3v) is 5.47. The molecule has 0 aliphatic carbocycles. The average molecular weight is 430 g/mol. The summed E-state index contributed by atoms with van der Waals surface area (Å²) >= 11 is 0. The van der Waals surface area contributed by atoms with E-state index in [1.54, 1.807) is 7.05 Å². The van der Waals surface area contributed by atoms with Gasteiger partial charge in [0.2, 0.25) is 11.8 Å². The molecule has 0 aromatic heterocycles. The Morgan fingerprint density at radius 2 is 1.47 bits per heavy atom. The van der Waals surface area contributed by atoms with Crippen LogP contribution in [0.3, 0.4) is 0 Å². The lowest BCUT2D eigenvalue weighted by atomic mass is 9.98. The van der Waals surface area contributed by atoms with Crippen LogP contribution in [0.25, 0.3) is 0 Å². The minimum absolute atomic E-state index is 0.00553. The second kappa shape index (κ2) is 10.7. The molecule has 2 amide bonds. The number of hydrogen-bond donors (Lipinski definition) is 2. The maximum Gasteiger partial charge on any atom is 0.243 e. The lowest BCUT2D eigenvalue weighted by molar-refractivity contribution is -0.132. The van der Waals surface area contributed by atoms with Crippen molar-refractivity contribution in [2.45, 2.75) is 26.8 Å². The molecular formula is C27H31N3O2. The van der Waals surface area contributed by atoms with Crippen LogP contribution in [0.2, 0.25) is 0 Å². The summed E-state index contributed by atoms with van der Waals surface area (Å²) in [4.78, 5) is 26.7. The number of carbonyl (C=O) groups is 2. The van der Waals surface area contributed by atoms with Crippen LogP contribution in [0.15, 0.2) is 72.8 Å². The van der Waals surface area contributed by atoms with E-state index in [9.17, 15) is 9.59 Å². The first kappa shape index (κ1) is 23.2. The fourth-order valence-corrected chi connectivity index (χ4v) is 3.52. The highest BCUT2D eigenvalue weighted by Gasteiger charge is 2.18. The quantitative estimate of drug-likeness (QED) is 0.558. The molecule has 0 spiro atoms. The number of nitrogens with one attached hydrogen (secondary N) is 2. The van der Waals surface area contributed by atoms with E-state index < -0.39 is 0 Å². The van der Waals surface area contributed by atoms with Gasteiger partial charge < -0.3 is 10.2 Å². The van der Waals surface area contributed by atoms with Crippen LogP contribution in [-0.2, 0) is 9.59 Å². The molecule has 3 aromatic rings. The fourth-order valence-electron chi connectivity index (χ4n) is 3.52. The van der Waals surface area contributed by atoms with E-state index in [0.29, 0.717) is 0 Å². The summed E-state index contributed by atoms with van der Waals surface area (Å²) in [6, 6.07) is 24.1. The maximum absolute atomic E-state index is 12.8. The molecule has 0 saturated heterocycles. The minimum Gasteiger partial charge on any atom is -0.335 e. The Kier molecular flexibility index (Phi) is 7.79. The summed E-state index contributed by atoms with van der Waals surface area (Å²) < 4.78 is 0. The van der Waals surface area contributed by atoms with E-state index in [1.165, 1.54) is 10.5 Å². The lowest BCUT2D eigenvalue weighted by Gasteiger charge is -2.22. The van der Waals surface area contributed by atoms with Gasteiger partial charge in [-0.3, -0.25) is 14.9 Å². The zero-order valence-electron chi connectivity index (χ0n) is 19.2. The van der Waals surface area contributed by atoms with Crippen molar-refractivity contribution in [3.8, 4) is 0 Å². The van der Waals surface area contributed by atoms with E-state index in [2.05, 4.69) is 41.8 Å². The summed E-state index contributed by atoms with van der Waals surface area (Å²) in [5.74, 6) is -0.359. The van der Waals surface area contributed by atoms with Crippen molar-refractivity contribution in [3.05, 3.63) is 101 Å². The Morgan fingerprint density at radius 3 is 2.16 bits per heavy atom. The molecule has 0 unspecified atom stereocenters. The van der Waals surface area contributed by atoms with Gasteiger partial charge in [0, 0.05) is 12.7 Å². The SMILES string of the molecule is Cc1ccc([C@@H](NCC(=O)N(C)CC(=O)Nc2cc(C)ccc2C)c2ccccc2)cc1. The highest BCUT2D eigenvalue weighted by molar-refractivity contribution is 5.95. The van der Waals surface area contributed by atoms with Gasteiger partial charge in [0.05, 0.1) is 19.1 Å². The first-order valence-electron chi connectivity index (χ1n) is 10.8.